The molecule has 0 spiro atoms. The van der Waals surface area contributed by atoms with E-state index in [1.807, 2.05) is 0 Å². The zero-order chi connectivity index (χ0) is 11.0. The number of rotatable bonds is 1. The first kappa shape index (κ1) is 11.0. The average Bonchev–Trinajstić information content (AvgIpc) is 2.43. The third kappa shape index (κ3) is 2.04. The molecule has 4 atom stereocenters. The molecule has 15 heavy (non-hydrogen) atoms. The van der Waals surface area contributed by atoms with Crippen molar-refractivity contribution in [2.24, 2.45) is 23.7 Å². The Bertz CT molecular complexity index is 284. The summed E-state index contributed by atoms with van der Waals surface area (Å²) in [5, 5.41) is 0. The summed E-state index contributed by atoms with van der Waals surface area (Å²) in [6.07, 6.45) is 8.10. The second-order valence-electron chi connectivity index (χ2n) is 5.76. The van der Waals surface area contributed by atoms with Crippen molar-refractivity contribution in [3.05, 3.63) is 23.8 Å². The molecule has 1 saturated carbocycles. The quantitative estimate of drug-likeness (QED) is 0.548. The van der Waals surface area contributed by atoms with Crippen LogP contribution in [0.25, 0.3) is 0 Å². The Morgan fingerprint density at radius 1 is 1.20 bits per heavy atom. The van der Waals surface area contributed by atoms with Crippen LogP contribution >= 0.6 is 0 Å². The van der Waals surface area contributed by atoms with Gasteiger partial charge in [-0.15, -0.1) is 0 Å². The van der Waals surface area contributed by atoms with E-state index in [4.69, 9.17) is 0 Å². The van der Waals surface area contributed by atoms with E-state index in [0.29, 0.717) is 5.92 Å². The van der Waals surface area contributed by atoms with Crippen molar-refractivity contribution in [2.75, 3.05) is 0 Å². The lowest BCUT2D eigenvalue weighted by Crippen LogP contribution is -2.09. The summed E-state index contributed by atoms with van der Waals surface area (Å²) in [5.41, 5.74) is 3.11. The van der Waals surface area contributed by atoms with Crippen LogP contribution < -0.4 is 0 Å². The van der Waals surface area contributed by atoms with Gasteiger partial charge in [0.15, 0.2) is 0 Å². The summed E-state index contributed by atoms with van der Waals surface area (Å²) >= 11 is 0. The highest BCUT2D eigenvalue weighted by atomic mass is 14.4. The van der Waals surface area contributed by atoms with E-state index < -0.39 is 0 Å². The smallest absolute Gasteiger partial charge is 0.00257 e. The molecule has 0 aromatic rings. The van der Waals surface area contributed by atoms with Gasteiger partial charge in [0, 0.05) is 0 Å². The van der Waals surface area contributed by atoms with Crippen LogP contribution in [-0.4, -0.2) is 0 Å². The molecule has 2 aliphatic rings. The molecule has 0 aromatic carbocycles. The summed E-state index contributed by atoms with van der Waals surface area (Å²) in [6, 6.07) is 0. The Hall–Kier alpha value is -0.520. The minimum absolute atomic E-state index is 0.660. The van der Waals surface area contributed by atoms with Crippen molar-refractivity contribution in [2.45, 2.75) is 46.5 Å². The van der Waals surface area contributed by atoms with E-state index in [0.717, 1.165) is 17.8 Å². The van der Waals surface area contributed by atoms with Gasteiger partial charge in [-0.05, 0) is 56.3 Å². The second-order valence-corrected chi connectivity index (χ2v) is 5.76. The Kier molecular flexibility index (Phi) is 3.04. The van der Waals surface area contributed by atoms with Gasteiger partial charge in [0.1, 0.15) is 0 Å². The van der Waals surface area contributed by atoms with Crippen molar-refractivity contribution in [3.8, 4) is 0 Å². The molecule has 0 radical (unpaired) electrons. The van der Waals surface area contributed by atoms with E-state index >= 15 is 0 Å². The minimum Gasteiger partial charge on any atom is -0.0995 e. The van der Waals surface area contributed by atoms with Gasteiger partial charge in [0.25, 0.3) is 0 Å². The summed E-state index contributed by atoms with van der Waals surface area (Å²) in [6.45, 7) is 11.2. The van der Waals surface area contributed by atoms with Gasteiger partial charge < -0.3 is 0 Å². The molecule has 2 rings (SSSR count). The zero-order valence-corrected chi connectivity index (χ0v) is 10.4. The van der Waals surface area contributed by atoms with Crippen molar-refractivity contribution in [1.29, 1.82) is 0 Å². The fourth-order valence-electron chi connectivity index (χ4n) is 3.38. The minimum atomic E-state index is 0.660. The maximum Gasteiger partial charge on any atom is -0.00257 e. The predicted octanol–water partition coefficient (Wildman–Crippen LogP) is 4.58. The summed E-state index contributed by atoms with van der Waals surface area (Å²) in [4.78, 5) is 0. The highest BCUT2D eigenvalue weighted by Crippen LogP contribution is 2.45. The molecule has 0 heterocycles. The molecule has 0 aliphatic heterocycles. The van der Waals surface area contributed by atoms with E-state index in [9.17, 15) is 0 Å². The molecular weight excluding hydrogens is 180 g/mol. The highest BCUT2D eigenvalue weighted by molar-refractivity contribution is 5.22. The van der Waals surface area contributed by atoms with Crippen LogP contribution in [-0.2, 0) is 0 Å². The molecule has 0 heteroatoms. The Balaban J connectivity index is 2.27. The summed E-state index contributed by atoms with van der Waals surface area (Å²) in [7, 11) is 0. The van der Waals surface area contributed by atoms with E-state index in [2.05, 4.69) is 33.4 Å². The lowest BCUT2D eigenvalue weighted by Gasteiger charge is -2.18. The van der Waals surface area contributed by atoms with Gasteiger partial charge in [0.05, 0.1) is 0 Å². The van der Waals surface area contributed by atoms with E-state index in [1.54, 1.807) is 5.57 Å². The monoisotopic (exact) mass is 204 g/mol. The first-order valence-electron chi connectivity index (χ1n) is 6.46. The first-order chi connectivity index (χ1) is 7.09. The van der Waals surface area contributed by atoms with Crippen LogP contribution in [0.1, 0.15) is 46.5 Å². The Morgan fingerprint density at radius 3 is 2.60 bits per heavy atom. The van der Waals surface area contributed by atoms with Crippen molar-refractivity contribution < 1.29 is 0 Å². The van der Waals surface area contributed by atoms with Crippen molar-refractivity contribution in [3.63, 3.8) is 0 Å². The molecule has 0 bridgehead atoms. The van der Waals surface area contributed by atoms with Crippen LogP contribution in [0.5, 0.6) is 0 Å². The van der Waals surface area contributed by atoms with Crippen LogP contribution in [0.4, 0.5) is 0 Å². The Morgan fingerprint density at radius 2 is 1.93 bits per heavy atom. The van der Waals surface area contributed by atoms with Gasteiger partial charge in [0.2, 0.25) is 0 Å². The average molecular weight is 204 g/mol. The lowest BCUT2D eigenvalue weighted by atomic mass is 9.87. The van der Waals surface area contributed by atoms with Crippen LogP contribution in [0, 0.1) is 23.7 Å². The fourth-order valence-corrected chi connectivity index (χ4v) is 3.38. The molecule has 0 aromatic heterocycles. The van der Waals surface area contributed by atoms with Crippen LogP contribution in [0.3, 0.4) is 0 Å². The molecule has 0 saturated heterocycles. The van der Waals surface area contributed by atoms with Crippen LogP contribution in [0.15, 0.2) is 23.8 Å². The molecular formula is C15H24. The first-order valence-corrected chi connectivity index (χ1v) is 6.46. The molecule has 1 fully saturated rings. The molecule has 0 N–H and O–H groups in total. The van der Waals surface area contributed by atoms with Gasteiger partial charge in [-0.25, -0.2) is 0 Å². The number of hydrogen-bond donors (Lipinski definition) is 0. The largest absolute Gasteiger partial charge is 0.0995 e. The maximum atomic E-state index is 4.14. The second kappa shape index (κ2) is 4.15. The SMILES string of the molecule is C=C(C)[C@@H]1C=C2[C@H](C)CC[C@@H]2[C@@H](C)CC1. The summed E-state index contributed by atoms with van der Waals surface area (Å²) in [5.74, 6) is 3.28. The third-order valence-corrected chi connectivity index (χ3v) is 4.55. The standard InChI is InChI=1S/C15H24/c1-10(2)13-7-5-11(3)14-8-6-12(4)15(14)9-13/h9,11-14H,1,5-8H2,2-4H3/t11-,12+,13-,14+/m0/s1. The third-order valence-electron chi connectivity index (χ3n) is 4.55. The number of allylic oxidation sites excluding steroid dienone is 3. The topological polar surface area (TPSA) is 0 Å². The highest BCUT2D eigenvalue weighted by Gasteiger charge is 2.33. The van der Waals surface area contributed by atoms with Crippen molar-refractivity contribution >= 4 is 0 Å². The van der Waals surface area contributed by atoms with E-state index in [1.165, 1.54) is 31.3 Å². The maximum absolute atomic E-state index is 4.14. The zero-order valence-electron chi connectivity index (χ0n) is 10.4. The Labute approximate surface area is 94.5 Å². The van der Waals surface area contributed by atoms with Crippen molar-refractivity contribution in [1.82, 2.24) is 0 Å². The van der Waals surface area contributed by atoms with Gasteiger partial charge in [-0.3, -0.25) is 0 Å². The number of hydrogen-bond acceptors (Lipinski definition) is 0. The van der Waals surface area contributed by atoms with E-state index in [-0.39, 0.29) is 0 Å². The van der Waals surface area contributed by atoms with Crippen LogP contribution in [0.2, 0.25) is 0 Å². The molecule has 0 amide bonds. The van der Waals surface area contributed by atoms with Gasteiger partial charge >= 0.3 is 0 Å². The van der Waals surface area contributed by atoms with Gasteiger partial charge in [-0.2, -0.15) is 0 Å². The summed E-state index contributed by atoms with van der Waals surface area (Å²) < 4.78 is 0. The molecule has 84 valence electrons. The fraction of sp³-hybridized carbons (Fsp3) is 0.733. The molecule has 2 aliphatic carbocycles. The molecule has 0 unspecified atom stereocenters. The number of fused-ring (bicyclic) bond motifs is 1. The normalized spacial score (nSPS) is 40.6. The molecule has 0 nitrogen and oxygen atoms in total. The predicted molar refractivity (Wildman–Crippen MR) is 66.7 cm³/mol. The lowest BCUT2D eigenvalue weighted by molar-refractivity contribution is 0.384. The van der Waals surface area contributed by atoms with Gasteiger partial charge in [-0.1, -0.05) is 37.6 Å².